The molecule has 0 radical (unpaired) electrons. The number of thiol groups is 1. The molecule has 1 saturated carbocycles. The summed E-state index contributed by atoms with van der Waals surface area (Å²) >= 11 is 10.8. The van der Waals surface area contributed by atoms with Crippen molar-refractivity contribution in [3.05, 3.63) is 111 Å². The van der Waals surface area contributed by atoms with E-state index in [1.807, 2.05) is 83.3 Å². The van der Waals surface area contributed by atoms with Gasteiger partial charge in [-0.05, 0) is 141 Å². The minimum Gasteiger partial charge on any atom is -0.487 e. The van der Waals surface area contributed by atoms with Gasteiger partial charge in [0.15, 0.2) is 12.1 Å². The molecule has 3 N–H and O–H groups in total. The number of anilines is 2. The SMILES string of the molecule is CCC(=O)CCC(C)C(C)=O.CCC(C)C(=O)c1ccc(OCC=O)cc1C(C)=C1CCC1.CNC1CCN(c2c(Cl)cc(C(C)(C)c3ccc(OCc4ccnc(N[N+](C)(O)S)n4)cc3)cc2C#N)CC1. The number of halogens is 1. The summed E-state index contributed by atoms with van der Waals surface area (Å²) in [4.78, 5) is 55.3. The third-order valence-electron chi connectivity index (χ3n) is 13.6. The van der Waals surface area contributed by atoms with E-state index < -0.39 is 4.16 Å². The van der Waals surface area contributed by atoms with E-state index in [1.165, 1.54) is 24.6 Å². The van der Waals surface area contributed by atoms with Crippen LogP contribution < -0.4 is 25.1 Å². The molecular formula is C56H75ClN7O7S+. The zero-order valence-electron chi connectivity index (χ0n) is 43.8. The van der Waals surface area contributed by atoms with Crippen LogP contribution in [-0.2, 0) is 26.4 Å². The number of ketones is 3. The fourth-order valence-corrected chi connectivity index (χ4v) is 8.59. The molecule has 0 bridgehead atoms. The molecule has 6 rings (SSSR count). The van der Waals surface area contributed by atoms with Gasteiger partial charge in [0.2, 0.25) is 0 Å². The Morgan fingerprint density at radius 1 is 0.986 bits per heavy atom. The summed E-state index contributed by atoms with van der Waals surface area (Å²) in [5.41, 5.74) is 10.7. The van der Waals surface area contributed by atoms with Gasteiger partial charge in [0.25, 0.3) is 5.95 Å². The molecule has 3 atom stereocenters. The van der Waals surface area contributed by atoms with Crippen molar-refractivity contribution >= 4 is 65.3 Å². The summed E-state index contributed by atoms with van der Waals surface area (Å²) in [5, 5.41) is 23.7. The minimum absolute atomic E-state index is 0.0136. The Bertz CT molecular complexity index is 2540. The molecule has 388 valence electrons. The first-order chi connectivity index (χ1) is 34.1. The second-order valence-corrected chi connectivity index (χ2v) is 20.4. The zero-order chi connectivity index (χ0) is 53.2. The molecule has 0 amide bonds. The lowest BCUT2D eigenvalue weighted by Crippen LogP contribution is -2.41. The topological polar surface area (TPSA) is 184 Å². The van der Waals surface area contributed by atoms with E-state index >= 15 is 0 Å². The van der Waals surface area contributed by atoms with Crippen LogP contribution in [-0.4, -0.2) is 82.8 Å². The van der Waals surface area contributed by atoms with Crippen LogP contribution in [0.25, 0.3) is 5.57 Å². The second-order valence-electron chi connectivity index (χ2n) is 19.2. The van der Waals surface area contributed by atoms with Crippen molar-refractivity contribution in [1.82, 2.24) is 15.3 Å². The van der Waals surface area contributed by atoms with Crippen LogP contribution in [0.3, 0.4) is 0 Å². The fraction of sp³-hybridized carbons (Fsp3) is 0.482. The van der Waals surface area contributed by atoms with Crippen molar-refractivity contribution in [2.45, 2.75) is 131 Å². The number of quaternary nitrogens is 1. The van der Waals surface area contributed by atoms with Gasteiger partial charge in [-0.15, -0.1) is 0 Å². The number of hydroxylamine groups is 1. The number of nitrogens with one attached hydrogen (secondary N) is 2. The van der Waals surface area contributed by atoms with E-state index in [-0.39, 0.29) is 53.8 Å². The summed E-state index contributed by atoms with van der Waals surface area (Å²) in [6, 6.07) is 22.0. The first-order valence-electron chi connectivity index (χ1n) is 24.9. The molecule has 0 spiro atoms. The van der Waals surface area contributed by atoms with Crippen molar-refractivity contribution in [2.75, 3.05) is 44.1 Å². The Kier molecular flexibility index (Phi) is 22.9. The molecule has 72 heavy (non-hydrogen) atoms. The first-order valence-corrected chi connectivity index (χ1v) is 25.7. The van der Waals surface area contributed by atoms with Crippen LogP contribution in [0.15, 0.2) is 72.4 Å². The van der Waals surface area contributed by atoms with Crippen molar-refractivity contribution in [3.8, 4) is 17.6 Å². The van der Waals surface area contributed by atoms with Crippen LogP contribution in [0.1, 0.15) is 151 Å². The molecule has 14 nitrogen and oxygen atoms in total. The summed E-state index contributed by atoms with van der Waals surface area (Å²) in [5.74, 6) is 2.23. The van der Waals surface area contributed by atoms with Gasteiger partial charge in [-0.1, -0.05) is 70.8 Å². The van der Waals surface area contributed by atoms with Gasteiger partial charge in [-0.2, -0.15) is 15.9 Å². The molecule has 1 aliphatic heterocycles. The summed E-state index contributed by atoms with van der Waals surface area (Å²) in [6.07, 6.45) is 10.5. The highest BCUT2D eigenvalue weighted by molar-refractivity contribution is 7.74. The monoisotopic (exact) mass is 1020 g/mol. The maximum absolute atomic E-state index is 12.6. The van der Waals surface area contributed by atoms with E-state index in [4.69, 9.17) is 21.1 Å². The molecule has 3 unspecified atom stereocenters. The number of hydrogen-bond donors (Lipinski definition) is 4. The number of aldehydes is 1. The average Bonchev–Trinajstić information content (AvgIpc) is 3.35. The van der Waals surface area contributed by atoms with Crippen molar-refractivity contribution in [3.63, 3.8) is 0 Å². The number of ether oxygens (including phenoxy) is 2. The summed E-state index contributed by atoms with van der Waals surface area (Å²) in [6.45, 7) is 17.6. The van der Waals surface area contributed by atoms with E-state index in [0.29, 0.717) is 53.1 Å². The summed E-state index contributed by atoms with van der Waals surface area (Å²) in [7, 11) is 3.42. The molecule has 3 aromatic carbocycles. The molecule has 1 aromatic heterocycles. The Morgan fingerprint density at radius 2 is 1.65 bits per heavy atom. The van der Waals surface area contributed by atoms with Crippen molar-refractivity contribution in [2.24, 2.45) is 11.8 Å². The Morgan fingerprint density at radius 3 is 2.21 bits per heavy atom. The Balaban J connectivity index is 0.000000284. The quantitative estimate of drug-likeness (QED) is 0.0203. The molecular weight excluding hydrogens is 950 g/mol. The van der Waals surface area contributed by atoms with E-state index in [0.717, 1.165) is 79.4 Å². The van der Waals surface area contributed by atoms with Crippen molar-refractivity contribution in [1.29, 1.82) is 5.26 Å². The Hall–Kier alpha value is -5.63. The van der Waals surface area contributed by atoms with Gasteiger partial charge in [0, 0.05) is 61.0 Å². The molecule has 16 heteroatoms. The highest BCUT2D eigenvalue weighted by atomic mass is 35.5. The smallest absolute Gasteiger partial charge is 0.273 e. The van der Waals surface area contributed by atoms with Gasteiger partial charge >= 0.3 is 0 Å². The van der Waals surface area contributed by atoms with Crippen molar-refractivity contribution < 1.29 is 38.0 Å². The molecule has 4 aromatic rings. The number of carbonyl (C=O) groups is 4. The molecule has 1 aliphatic carbocycles. The van der Waals surface area contributed by atoms with Crippen LogP contribution in [0, 0.1) is 23.2 Å². The number of rotatable bonds is 21. The van der Waals surface area contributed by atoms with E-state index in [2.05, 4.69) is 65.3 Å². The fourth-order valence-electron chi connectivity index (χ4n) is 8.17. The van der Waals surface area contributed by atoms with Gasteiger partial charge < -0.3 is 19.7 Å². The lowest BCUT2D eigenvalue weighted by Gasteiger charge is -2.35. The number of piperidine rings is 1. The number of nitriles is 1. The molecule has 2 aliphatic rings. The number of aromatic nitrogens is 2. The highest BCUT2D eigenvalue weighted by Crippen LogP contribution is 2.40. The number of hydrogen-bond acceptors (Lipinski definition) is 14. The van der Waals surface area contributed by atoms with Gasteiger partial charge in [0.05, 0.1) is 22.0 Å². The first kappa shape index (κ1) is 58.9. The van der Waals surface area contributed by atoms with Crippen LogP contribution in [0.2, 0.25) is 5.02 Å². The van der Waals surface area contributed by atoms with Gasteiger partial charge in [-0.25, -0.2) is 9.97 Å². The number of allylic oxidation sites excluding steroid dienone is 2. The third-order valence-corrected chi connectivity index (χ3v) is 14.0. The number of Topliss-reactive ketones (excluding diaryl/α,β-unsaturated/α-hetero) is 3. The lowest BCUT2D eigenvalue weighted by atomic mass is 9.77. The van der Waals surface area contributed by atoms with Crippen LogP contribution >= 0.6 is 24.4 Å². The number of benzene rings is 3. The summed E-state index contributed by atoms with van der Waals surface area (Å²) < 4.78 is 10.5. The zero-order valence-corrected chi connectivity index (χ0v) is 45.5. The number of nitrogens with zero attached hydrogens (tertiary/aromatic N) is 5. The maximum atomic E-state index is 12.6. The largest absolute Gasteiger partial charge is 0.487 e. The number of carbonyl (C=O) groups excluding carboxylic acids is 4. The van der Waals surface area contributed by atoms with E-state index in [9.17, 15) is 29.6 Å². The van der Waals surface area contributed by atoms with Gasteiger partial charge in [0.1, 0.15) is 62.2 Å². The molecule has 1 saturated heterocycles. The predicted octanol–water partition coefficient (Wildman–Crippen LogP) is 11.5. The van der Waals surface area contributed by atoms with Gasteiger partial charge in [-0.3, -0.25) is 19.2 Å². The highest BCUT2D eigenvalue weighted by Gasteiger charge is 2.29. The third kappa shape index (κ3) is 17.3. The Labute approximate surface area is 437 Å². The predicted molar refractivity (Wildman–Crippen MR) is 289 cm³/mol. The standard InChI is InChI=1S/C28H35ClN7O2S.C19H24O3.C9H16O2/c1-28(2,21-15-19(17-30)26(25(29)16-21)35-13-10-22(31-3)11-14-35)20-5-7-24(8-6-20)38-18-23-9-12-32-27(33-23)34-36(4,37)39;1-4-13(2)19(21)17-9-8-16(22-11-10-20)12-18(17)14(3)15-6-5-7-15;1-4-9(11)6-5-7(2)8(3)10/h5-9,12,15-16,22,31,37,39H,10-11,13-14,18H2,1-4H3,(H,32,33,34);8-10,12-13H,4-7,11H2,1-3H3;7H,4-6H2,1-3H3/q+1;;. The maximum Gasteiger partial charge on any atom is 0.273 e. The normalized spacial score (nSPS) is 15.1. The lowest BCUT2D eigenvalue weighted by molar-refractivity contribution is -0.955. The molecule has 2 heterocycles. The minimum atomic E-state index is -0.791. The van der Waals surface area contributed by atoms with Crippen LogP contribution in [0.4, 0.5) is 11.6 Å². The second kappa shape index (κ2) is 28.0. The molecule has 2 fully saturated rings. The van der Waals surface area contributed by atoms with Crippen LogP contribution in [0.5, 0.6) is 11.5 Å². The average molecular weight is 1030 g/mol. The van der Waals surface area contributed by atoms with E-state index in [1.54, 1.807) is 25.3 Å².